The van der Waals surface area contributed by atoms with Crippen LogP contribution in [0.15, 0.2) is 47.4 Å². The van der Waals surface area contributed by atoms with Gasteiger partial charge in [0.1, 0.15) is 5.82 Å². The summed E-state index contributed by atoms with van der Waals surface area (Å²) < 4.78 is 41.0. The number of halogens is 3. The van der Waals surface area contributed by atoms with Crippen LogP contribution in [-0.2, 0) is 10.0 Å². The molecule has 2 aromatic carbocycles. The van der Waals surface area contributed by atoms with Crippen molar-refractivity contribution in [3.05, 3.63) is 63.9 Å². The number of hydrogen-bond donors (Lipinski definition) is 1. The summed E-state index contributed by atoms with van der Waals surface area (Å²) in [6.07, 6.45) is 0. The maximum atomic E-state index is 13.3. The highest BCUT2D eigenvalue weighted by molar-refractivity contribution is 7.89. The van der Waals surface area contributed by atoms with E-state index in [-0.39, 0.29) is 4.90 Å². The molecule has 0 saturated carbocycles. The van der Waals surface area contributed by atoms with E-state index in [1.54, 1.807) is 18.2 Å². The number of benzene rings is 2. The summed E-state index contributed by atoms with van der Waals surface area (Å²) in [7, 11) is -0.251. The van der Waals surface area contributed by atoms with Crippen LogP contribution in [0.5, 0.6) is 0 Å². The zero-order valence-corrected chi connectivity index (χ0v) is 15.5. The first-order valence-corrected chi connectivity index (χ1v) is 9.30. The second-order valence-corrected chi connectivity index (χ2v) is 8.10. The van der Waals surface area contributed by atoms with Crippen molar-refractivity contribution in [1.82, 2.24) is 9.62 Å². The Balaban J connectivity index is 2.36. The first-order chi connectivity index (χ1) is 11.2. The number of rotatable bonds is 6. The molecule has 2 aromatic rings. The molecule has 0 fully saturated rings. The standard InChI is InChI=1S/C16H17Cl2FN2O2S/c1-21(2)10-16(11-6-7-14(17)15(18)8-11)20-24(22,23)13-5-3-4-12(19)9-13/h3-9,16,20H,10H2,1-2H3/t16-/m1/s1. The molecule has 0 spiro atoms. The predicted molar refractivity (Wildman–Crippen MR) is 94.5 cm³/mol. The average Bonchev–Trinajstić information content (AvgIpc) is 2.48. The number of hydrogen-bond acceptors (Lipinski definition) is 3. The third-order valence-electron chi connectivity index (χ3n) is 3.30. The van der Waals surface area contributed by atoms with Gasteiger partial charge in [0.15, 0.2) is 0 Å². The Morgan fingerprint density at radius 3 is 2.42 bits per heavy atom. The van der Waals surface area contributed by atoms with Gasteiger partial charge in [-0.25, -0.2) is 17.5 Å². The van der Waals surface area contributed by atoms with Crippen molar-refractivity contribution in [2.45, 2.75) is 10.9 Å². The normalized spacial score (nSPS) is 13.2. The maximum Gasteiger partial charge on any atom is 0.241 e. The Bertz CT molecular complexity index is 829. The molecule has 0 heterocycles. The van der Waals surface area contributed by atoms with Gasteiger partial charge < -0.3 is 4.90 Å². The van der Waals surface area contributed by atoms with Crippen molar-refractivity contribution in [2.24, 2.45) is 0 Å². The highest BCUT2D eigenvalue weighted by atomic mass is 35.5. The molecular formula is C16H17Cl2FN2O2S. The number of likely N-dealkylation sites (N-methyl/N-ethyl adjacent to an activating group) is 1. The molecule has 0 aromatic heterocycles. The van der Waals surface area contributed by atoms with Crippen molar-refractivity contribution in [1.29, 1.82) is 0 Å². The lowest BCUT2D eigenvalue weighted by atomic mass is 10.1. The molecular weight excluding hydrogens is 374 g/mol. The van der Waals surface area contributed by atoms with Crippen LogP contribution in [0.25, 0.3) is 0 Å². The maximum absolute atomic E-state index is 13.3. The summed E-state index contributed by atoms with van der Waals surface area (Å²) in [5.41, 5.74) is 0.665. The van der Waals surface area contributed by atoms with Gasteiger partial charge in [-0.05, 0) is 50.0 Å². The molecule has 0 saturated heterocycles. The lowest BCUT2D eigenvalue weighted by molar-refractivity contribution is 0.363. The van der Waals surface area contributed by atoms with Crippen LogP contribution in [0.2, 0.25) is 10.0 Å². The summed E-state index contributed by atoms with van der Waals surface area (Å²) in [6.45, 7) is 0.395. The van der Waals surface area contributed by atoms with Crippen LogP contribution in [-0.4, -0.2) is 34.0 Å². The fourth-order valence-electron chi connectivity index (χ4n) is 2.19. The van der Waals surface area contributed by atoms with E-state index in [9.17, 15) is 12.8 Å². The minimum atomic E-state index is -3.89. The van der Waals surface area contributed by atoms with Crippen LogP contribution in [0, 0.1) is 5.82 Å². The van der Waals surface area contributed by atoms with Crippen LogP contribution in [0.3, 0.4) is 0 Å². The smallest absolute Gasteiger partial charge is 0.241 e. The van der Waals surface area contributed by atoms with E-state index in [4.69, 9.17) is 23.2 Å². The van der Waals surface area contributed by atoms with Crippen LogP contribution in [0.4, 0.5) is 4.39 Å². The zero-order chi connectivity index (χ0) is 17.9. The first-order valence-electron chi connectivity index (χ1n) is 7.06. The Hall–Kier alpha value is -1.18. The lowest BCUT2D eigenvalue weighted by Gasteiger charge is -2.23. The highest BCUT2D eigenvalue weighted by Gasteiger charge is 2.23. The first kappa shape index (κ1) is 19.1. The van der Waals surface area contributed by atoms with Gasteiger partial charge in [-0.3, -0.25) is 0 Å². The molecule has 8 heteroatoms. The third-order valence-corrected chi connectivity index (χ3v) is 5.51. The van der Waals surface area contributed by atoms with Crippen molar-refractivity contribution in [3.63, 3.8) is 0 Å². The summed E-state index contributed by atoms with van der Waals surface area (Å²) in [4.78, 5) is 1.70. The van der Waals surface area contributed by atoms with Crippen LogP contribution >= 0.6 is 23.2 Å². The topological polar surface area (TPSA) is 49.4 Å². The molecule has 0 aliphatic rings. The minimum Gasteiger partial charge on any atom is -0.307 e. The van der Waals surface area contributed by atoms with Gasteiger partial charge >= 0.3 is 0 Å². The number of nitrogens with zero attached hydrogens (tertiary/aromatic N) is 1. The second-order valence-electron chi connectivity index (χ2n) is 5.57. The SMILES string of the molecule is CN(C)C[C@@H](NS(=O)(=O)c1cccc(F)c1)c1ccc(Cl)c(Cl)c1. The summed E-state index contributed by atoms with van der Waals surface area (Å²) in [5, 5.41) is 0.722. The van der Waals surface area contributed by atoms with Gasteiger partial charge in [-0.15, -0.1) is 0 Å². The molecule has 0 amide bonds. The molecule has 24 heavy (non-hydrogen) atoms. The fraction of sp³-hybridized carbons (Fsp3) is 0.250. The van der Waals surface area contributed by atoms with E-state index in [0.29, 0.717) is 22.2 Å². The number of nitrogens with one attached hydrogen (secondary N) is 1. The van der Waals surface area contributed by atoms with Crippen molar-refractivity contribution < 1.29 is 12.8 Å². The van der Waals surface area contributed by atoms with E-state index in [2.05, 4.69) is 4.72 Å². The summed E-state index contributed by atoms with van der Waals surface area (Å²) in [5.74, 6) is -0.614. The second kappa shape index (κ2) is 7.80. The van der Waals surface area contributed by atoms with Gasteiger partial charge in [-0.1, -0.05) is 35.3 Å². The molecule has 4 nitrogen and oxygen atoms in total. The van der Waals surface area contributed by atoms with Crippen molar-refractivity contribution in [3.8, 4) is 0 Å². The molecule has 0 aliphatic heterocycles. The third kappa shape index (κ3) is 4.91. The Kier molecular flexibility index (Phi) is 6.22. The minimum absolute atomic E-state index is 0.133. The van der Waals surface area contributed by atoms with Gasteiger partial charge in [0.2, 0.25) is 10.0 Å². The molecule has 2 rings (SSSR count). The fourth-order valence-corrected chi connectivity index (χ4v) is 3.75. The van der Waals surface area contributed by atoms with E-state index >= 15 is 0 Å². The molecule has 0 radical (unpaired) electrons. The molecule has 0 aliphatic carbocycles. The van der Waals surface area contributed by atoms with E-state index < -0.39 is 21.9 Å². The van der Waals surface area contributed by atoms with E-state index in [0.717, 1.165) is 6.07 Å². The van der Waals surface area contributed by atoms with Crippen molar-refractivity contribution >= 4 is 33.2 Å². The predicted octanol–water partition coefficient (Wildman–Crippen LogP) is 3.71. The number of sulfonamides is 1. The van der Waals surface area contributed by atoms with Gasteiger partial charge in [0.05, 0.1) is 21.0 Å². The largest absolute Gasteiger partial charge is 0.307 e. The molecule has 0 bridgehead atoms. The molecule has 130 valence electrons. The van der Waals surface area contributed by atoms with Gasteiger partial charge in [0.25, 0.3) is 0 Å². The summed E-state index contributed by atoms with van der Waals surface area (Å²) >= 11 is 11.9. The van der Waals surface area contributed by atoms with Crippen LogP contribution < -0.4 is 4.72 Å². The van der Waals surface area contributed by atoms with Gasteiger partial charge in [0, 0.05) is 6.54 Å². The lowest BCUT2D eigenvalue weighted by Crippen LogP contribution is -2.35. The Morgan fingerprint density at radius 2 is 1.83 bits per heavy atom. The Labute approximate surface area is 151 Å². The van der Waals surface area contributed by atoms with Crippen LogP contribution in [0.1, 0.15) is 11.6 Å². The average molecular weight is 391 g/mol. The zero-order valence-electron chi connectivity index (χ0n) is 13.1. The van der Waals surface area contributed by atoms with Gasteiger partial charge in [-0.2, -0.15) is 0 Å². The van der Waals surface area contributed by atoms with Crippen molar-refractivity contribution in [2.75, 3.05) is 20.6 Å². The molecule has 1 atom stereocenters. The monoisotopic (exact) mass is 390 g/mol. The highest BCUT2D eigenvalue weighted by Crippen LogP contribution is 2.27. The van der Waals surface area contributed by atoms with E-state index in [1.807, 2.05) is 19.0 Å². The van der Waals surface area contributed by atoms with E-state index in [1.165, 1.54) is 18.2 Å². The molecule has 1 N–H and O–H groups in total. The quantitative estimate of drug-likeness (QED) is 0.817. The molecule has 0 unspecified atom stereocenters. The summed E-state index contributed by atoms with van der Waals surface area (Å²) in [6, 6.07) is 9.22. The Morgan fingerprint density at radius 1 is 1.12 bits per heavy atom.